The van der Waals surface area contributed by atoms with Crippen molar-refractivity contribution in [2.24, 2.45) is 0 Å². The van der Waals surface area contributed by atoms with Crippen molar-refractivity contribution in [3.05, 3.63) is 12.4 Å². The molecule has 16 heavy (non-hydrogen) atoms. The Bertz CT molecular complexity index is 356. The molecule has 0 aromatic carbocycles. The maximum absolute atomic E-state index is 11.3. The van der Waals surface area contributed by atoms with Crippen LogP contribution in [0.25, 0.3) is 0 Å². The van der Waals surface area contributed by atoms with E-state index in [1.807, 2.05) is 6.92 Å². The Labute approximate surface area is 94.4 Å². The number of hydrogen-bond acceptors (Lipinski definition) is 6. The van der Waals surface area contributed by atoms with Crippen LogP contribution in [0.4, 0.5) is 11.6 Å². The number of nitrogens with two attached hydrogens (primary N) is 1. The Morgan fingerprint density at radius 3 is 2.81 bits per heavy atom. The highest BCUT2D eigenvalue weighted by atomic mass is 16.5. The van der Waals surface area contributed by atoms with E-state index in [0.29, 0.717) is 24.8 Å². The van der Waals surface area contributed by atoms with Crippen LogP contribution < -0.4 is 10.6 Å². The van der Waals surface area contributed by atoms with Gasteiger partial charge in [-0.2, -0.15) is 0 Å². The number of rotatable bonds is 5. The third-order valence-corrected chi connectivity index (χ3v) is 2.00. The van der Waals surface area contributed by atoms with Crippen LogP contribution in [0.5, 0.6) is 0 Å². The second-order valence-corrected chi connectivity index (χ2v) is 3.12. The molecule has 6 nitrogen and oxygen atoms in total. The van der Waals surface area contributed by atoms with Gasteiger partial charge in [0.15, 0.2) is 0 Å². The molecule has 0 atom stereocenters. The Kier molecular flexibility index (Phi) is 4.50. The van der Waals surface area contributed by atoms with E-state index in [-0.39, 0.29) is 12.5 Å². The fourth-order valence-electron chi connectivity index (χ4n) is 1.25. The first kappa shape index (κ1) is 12.2. The zero-order chi connectivity index (χ0) is 12.0. The predicted octanol–water partition coefficient (Wildman–Crippen LogP) is 0.448. The summed E-state index contributed by atoms with van der Waals surface area (Å²) >= 11 is 0. The lowest BCUT2D eigenvalue weighted by atomic mass is 10.4. The van der Waals surface area contributed by atoms with Crippen LogP contribution in [-0.2, 0) is 9.53 Å². The molecule has 0 aliphatic heterocycles. The molecular formula is C10H16N4O2. The minimum absolute atomic E-state index is 0.167. The van der Waals surface area contributed by atoms with Gasteiger partial charge in [0.1, 0.15) is 24.5 Å². The summed E-state index contributed by atoms with van der Waals surface area (Å²) in [6.45, 7) is 4.90. The lowest BCUT2D eigenvalue weighted by Gasteiger charge is -2.20. The molecule has 0 bridgehead atoms. The summed E-state index contributed by atoms with van der Waals surface area (Å²) in [7, 11) is 0. The molecular weight excluding hydrogens is 208 g/mol. The van der Waals surface area contributed by atoms with Gasteiger partial charge in [-0.1, -0.05) is 0 Å². The van der Waals surface area contributed by atoms with Crippen molar-refractivity contribution in [3.63, 3.8) is 0 Å². The SMILES string of the molecule is CCOC(=O)CN(CC)c1cc(N)ncn1. The number of anilines is 2. The second-order valence-electron chi connectivity index (χ2n) is 3.12. The van der Waals surface area contributed by atoms with Crippen molar-refractivity contribution in [1.29, 1.82) is 0 Å². The highest BCUT2D eigenvalue weighted by Crippen LogP contribution is 2.11. The topological polar surface area (TPSA) is 81.3 Å². The first-order chi connectivity index (χ1) is 7.67. The van der Waals surface area contributed by atoms with Crippen LogP contribution in [0.1, 0.15) is 13.8 Å². The molecule has 0 amide bonds. The molecule has 1 rings (SSSR count). The molecule has 0 saturated carbocycles. The zero-order valence-corrected chi connectivity index (χ0v) is 9.51. The van der Waals surface area contributed by atoms with Crippen molar-refractivity contribution in [3.8, 4) is 0 Å². The van der Waals surface area contributed by atoms with E-state index in [0.717, 1.165) is 0 Å². The van der Waals surface area contributed by atoms with Gasteiger partial charge in [0, 0.05) is 12.6 Å². The number of carbonyl (C=O) groups is 1. The highest BCUT2D eigenvalue weighted by molar-refractivity contribution is 5.75. The number of nitrogens with zero attached hydrogens (tertiary/aromatic N) is 3. The van der Waals surface area contributed by atoms with E-state index in [9.17, 15) is 4.79 Å². The van der Waals surface area contributed by atoms with E-state index >= 15 is 0 Å². The maximum atomic E-state index is 11.3. The van der Waals surface area contributed by atoms with E-state index in [1.165, 1.54) is 6.33 Å². The molecule has 0 unspecified atom stereocenters. The maximum Gasteiger partial charge on any atom is 0.325 e. The van der Waals surface area contributed by atoms with E-state index in [4.69, 9.17) is 10.5 Å². The third kappa shape index (κ3) is 3.38. The summed E-state index contributed by atoms with van der Waals surface area (Å²) in [5.74, 6) is 0.733. The lowest BCUT2D eigenvalue weighted by molar-refractivity contribution is -0.141. The first-order valence-electron chi connectivity index (χ1n) is 5.15. The number of carbonyl (C=O) groups excluding carboxylic acids is 1. The average Bonchev–Trinajstić information content (AvgIpc) is 2.26. The van der Waals surface area contributed by atoms with E-state index in [2.05, 4.69) is 9.97 Å². The molecule has 0 fully saturated rings. The van der Waals surface area contributed by atoms with Crippen LogP contribution in [0.3, 0.4) is 0 Å². The summed E-state index contributed by atoms with van der Waals surface area (Å²) < 4.78 is 4.87. The number of hydrogen-bond donors (Lipinski definition) is 1. The number of ether oxygens (including phenoxy) is 1. The monoisotopic (exact) mass is 224 g/mol. The van der Waals surface area contributed by atoms with Gasteiger partial charge >= 0.3 is 5.97 Å². The first-order valence-corrected chi connectivity index (χ1v) is 5.15. The predicted molar refractivity (Wildman–Crippen MR) is 61.0 cm³/mol. The summed E-state index contributed by atoms with van der Waals surface area (Å²) in [6.07, 6.45) is 1.37. The van der Waals surface area contributed by atoms with Gasteiger partial charge in [-0.15, -0.1) is 0 Å². The lowest BCUT2D eigenvalue weighted by Crippen LogP contribution is -2.31. The molecule has 0 spiro atoms. The zero-order valence-electron chi connectivity index (χ0n) is 9.51. The molecule has 0 saturated heterocycles. The Morgan fingerprint density at radius 2 is 2.25 bits per heavy atom. The van der Waals surface area contributed by atoms with Crippen LogP contribution >= 0.6 is 0 Å². The Balaban J connectivity index is 2.70. The fraction of sp³-hybridized carbons (Fsp3) is 0.500. The van der Waals surface area contributed by atoms with Gasteiger partial charge in [0.05, 0.1) is 6.61 Å². The average molecular weight is 224 g/mol. The number of likely N-dealkylation sites (N-methyl/N-ethyl adjacent to an activating group) is 1. The van der Waals surface area contributed by atoms with Crippen molar-refractivity contribution >= 4 is 17.6 Å². The largest absolute Gasteiger partial charge is 0.465 e. The summed E-state index contributed by atoms with van der Waals surface area (Å²) in [6, 6.07) is 1.63. The van der Waals surface area contributed by atoms with Gasteiger partial charge < -0.3 is 15.4 Å². The van der Waals surface area contributed by atoms with E-state index < -0.39 is 0 Å². The molecule has 0 aliphatic rings. The molecule has 1 aromatic rings. The fourth-order valence-corrected chi connectivity index (χ4v) is 1.25. The Hall–Kier alpha value is -1.85. The number of esters is 1. The normalized spacial score (nSPS) is 9.88. The standard InChI is InChI=1S/C10H16N4O2/c1-3-14(6-10(15)16-4-2)9-5-8(11)12-7-13-9/h5,7H,3-4,6H2,1-2H3,(H2,11,12,13). The van der Waals surface area contributed by atoms with Crippen molar-refractivity contribution in [1.82, 2.24) is 9.97 Å². The Morgan fingerprint density at radius 1 is 1.50 bits per heavy atom. The molecule has 6 heteroatoms. The molecule has 1 heterocycles. The molecule has 0 aliphatic carbocycles. The molecule has 1 aromatic heterocycles. The minimum atomic E-state index is -0.276. The summed E-state index contributed by atoms with van der Waals surface area (Å²) in [5.41, 5.74) is 5.55. The van der Waals surface area contributed by atoms with Gasteiger partial charge in [-0.05, 0) is 13.8 Å². The van der Waals surface area contributed by atoms with Gasteiger partial charge in [-0.3, -0.25) is 4.79 Å². The quantitative estimate of drug-likeness (QED) is 0.731. The van der Waals surface area contributed by atoms with Gasteiger partial charge in [0.25, 0.3) is 0 Å². The van der Waals surface area contributed by atoms with Crippen LogP contribution in [-0.4, -0.2) is 35.6 Å². The number of aromatic nitrogens is 2. The molecule has 88 valence electrons. The van der Waals surface area contributed by atoms with Crippen molar-refractivity contribution in [2.45, 2.75) is 13.8 Å². The highest BCUT2D eigenvalue weighted by Gasteiger charge is 2.11. The summed E-state index contributed by atoms with van der Waals surface area (Å²) in [5, 5.41) is 0. The van der Waals surface area contributed by atoms with Crippen LogP contribution in [0.15, 0.2) is 12.4 Å². The van der Waals surface area contributed by atoms with Crippen molar-refractivity contribution < 1.29 is 9.53 Å². The van der Waals surface area contributed by atoms with Crippen LogP contribution in [0, 0.1) is 0 Å². The van der Waals surface area contributed by atoms with Crippen molar-refractivity contribution in [2.75, 3.05) is 30.3 Å². The minimum Gasteiger partial charge on any atom is -0.465 e. The van der Waals surface area contributed by atoms with E-state index in [1.54, 1.807) is 17.9 Å². The molecule has 2 N–H and O–H groups in total. The van der Waals surface area contributed by atoms with Gasteiger partial charge in [0.2, 0.25) is 0 Å². The summed E-state index contributed by atoms with van der Waals surface area (Å²) in [4.78, 5) is 21.0. The van der Waals surface area contributed by atoms with Crippen LogP contribution in [0.2, 0.25) is 0 Å². The van der Waals surface area contributed by atoms with Gasteiger partial charge in [-0.25, -0.2) is 9.97 Å². The third-order valence-electron chi connectivity index (χ3n) is 2.00. The molecule has 0 radical (unpaired) electrons. The second kappa shape index (κ2) is 5.89. The smallest absolute Gasteiger partial charge is 0.325 e. The number of nitrogen functional groups attached to an aromatic ring is 1.